The van der Waals surface area contributed by atoms with Gasteiger partial charge in [0, 0.05) is 95.9 Å². The highest BCUT2D eigenvalue weighted by molar-refractivity contribution is 7.89. The van der Waals surface area contributed by atoms with Crippen LogP contribution in [0.3, 0.4) is 0 Å². The number of aromatic hydroxyl groups is 1. The van der Waals surface area contributed by atoms with Gasteiger partial charge >= 0.3 is 0 Å². The van der Waals surface area contributed by atoms with Crippen LogP contribution in [0.25, 0.3) is 22.5 Å². The summed E-state index contributed by atoms with van der Waals surface area (Å²) in [4.78, 5) is 23.2. The lowest BCUT2D eigenvalue weighted by Gasteiger charge is -2.39. The third-order valence-corrected chi connectivity index (χ3v) is 16.2. The number of rotatable bonds is 13. The van der Waals surface area contributed by atoms with Crippen LogP contribution in [0.4, 0.5) is 5.69 Å². The zero-order valence-electron chi connectivity index (χ0n) is 37.6. The number of sulfonamides is 1. The van der Waals surface area contributed by atoms with Crippen LogP contribution in [-0.2, 0) is 50.6 Å². The van der Waals surface area contributed by atoms with Crippen LogP contribution < -0.4 is 39.6 Å². The normalized spacial score (nSPS) is 16.1. The molecule has 7 heterocycles. The fourth-order valence-corrected chi connectivity index (χ4v) is 12.5. The van der Waals surface area contributed by atoms with Crippen LogP contribution in [-0.4, -0.2) is 92.6 Å². The van der Waals surface area contributed by atoms with E-state index in [9.17, 15) is 31.3 Å². The predicted molar refractivity (Wildman–Crippen MR) is 252 cm³/mol. The smallest absolute Gasteiger partial charge is 0.240 e. The summed E-state index contributed by atoms with van der Waals surface area (Å²) in [5, 5.41) is 14.9. The number of hydrogen-bond donors (Lipinski definition) is 3. The zero-order valence-corrected chi connectivity index (χ0v) is 39.3. The summed E-state index contributed by atoms with van der Waals surface area (Å²) >= 11 is 0. The van der Waals surface area contributed by atoms with Crippen molar-refractivity contribution in [1.29, 1.82) is 0 Å². The highest BCUT2D eigenvalue weighted by atomic mass is 32.2. The number of fused-ring (bicyclic) bond motifs is 5. The Kier molecular flexibility index (Phi) is 11.3. The van der Waals surface area contributed by atoms with E-state index in [1.54, 1.807) is 35.9 Å². The molecule has 352 valence electrons. The Morgan fingerprint density at radius 1 is 0.897 bits per heavy atom. The summed E-state index contributed by atoms with van der Waals surface area (Å²) in [5.74, 6) is 1.69. The Bertz CT molecular complexity index is 3440. The molecule has 2 aromatic heterocycles. The first-order valence-electron chi connectivity index (χ1n) is 23.4. The van der Waals surface area contributed by atoms with E-state index in [4.69, 9.17) is 9.47 Å². The lowest BCUT2D eigenvalue weighted by atomic mass is 9.82. The number of nitrogens with zero attached hydrogens (tertiary/aromatic N) is 5. The summed E-state index contributed by atoms with van der Waals surface area (Å²) in [6.45, 7) is 5.64. The number of imidazole rings is 1. The van der Waals surface area contributed by atoms with Crippen LogP contribution in [0.1, 0.15) is 77.6 Å². The first-order valence-corrected chi connectivity index (χ1v) is 26.3. The number of carbonyl (C=O) groups is 1. The Labute approximate surface area is 393 Å². The highest BCUT2D eigenvalue weighted by Crippen LogP contribution is 2.49. The van der Waals surface area contributed by atoms with Gasteiger partial charge in [0.15, 0.2) is 5.65 Å². The van der Waals surface area contributed by atoms with E-state index in [1.807, 2.05) is 12.1 Å². The van der Waals surface area contributed by atoms with E-state index in [1.165, 1.54) is 17.1 Å². The molecule has 0 spiro atoms. The summed E-state index contributed by atoms with van der Waals surface area (Å²) in [6, 6.07) is 15.0. The lowest BCUT2D eigenvalue weighted by Crippen LogP contribution is -2.45. The van der Waals surface area contributed by atoms with Gasteiger partial charge in [0.25, 0.3) is 0 Å². The average Bonchev–Trinajstić information content (AvgIpc) is 3.62. The lowest BCUT2D eigenvalue weighted by molar-refractivity contribution is -0.121. The molecule has 0 radical (unpaired) electrons. The number of anilines is 1. The molecule has 1 amide bonds. The minimum atomic E-state index is -5.10. The first-order chi connectivity index (χ1) is 32.8. The molecule has 0 unspecified atom stereocenters. The van der Waals surface area contributed by atoms with Gasteiger partial charge in [-0.15, -0.1) is 0 Å². The molecule has 5 aliphatic rings. The number of ether oxygens (including phenoxy) is 2. The van der Waals surface area contributed by atoms with Crippen molar-refractivity contribution < 1.29 is 40.8 Å². The quantitative estimate of drug-likeness (QED) is 0.0852. The molecule has 0 atom stereocenters. The van der Waals surface area contributed by atoms with Gasteiger partial charge in [-0.25, -0.2) is 31.1 Å². The maximum absolute atomic E-state index is 14.0. The second-order valence-electron chi connectivity index (χ2n) is 18.2. The van der Waals surface area contributed by atoms with Crippen LogP contribution >= 0.6 is 0 Å². The minimum Gasteiger partial charge on any atom is -0.744 e. The van der Waals surface area contributed by atoms with Crippen LogP contribution in [0.5, 0.6) is 23.1 Å². The third kappa shape index (κ3) is 7.95. The molecule has 0 aliphatic carbocycles. The highest BCUT2D eigenvalue weighted by Gasteiger charge is 2.37. The maximum atomic E-state index is 14.0. The monoisotopic (exact) mass is 957 g/mol. The van der Waals surface area contributed by atoms with Gasteiger partial charge in [0.05, 0.1) is 33.9 Å². The minimum absolute atomic E-state index is 0.00177. The van der Waals surface area contributed by atoms with Crippen molar-refractivity contribution in [3.05, 3.63) is 117 Å². The van der Waals surface area contributed by atoms with Crippen molar-refractivity contribution in [3.63, 3.8) is 0 Å². The van der Waals surface area contributed by atoms with Crippen molar-refractivity contribution in [2.75, 3.05) is 50.8 Å². The van der Waals surface area contributed by atoms with Crippen molar-refractivity contribution in [1.82, 2.24) is 29.0 Å². The Morgan fingerprint density at radius 2 is 1.66 bits per heavy atom. The fraction of sp³-hybridized carbons (Fsp3) is 0.360. The molecule has 0 saturated heterocycles. The number of hydrogen-bond acceptors (Lipinski definition) is 12. The number of aryl methyl sites for hydroxylation is 3. The average molecular weight is 958 g/mol. The molecule has 6 aromatic rings. The molecular formula is C50H51N7O9S2. The predicted octanol–water partition coefficient (Wildman–Crippen LogP) is 4.00. The Balaban J connectivity index is 0.813. The zero-order chi connectivity index (χ0) is 46.9. The SMILES string of the molecule is Cc1nc2cnc(-c3ccc(OCCCC(=O)NCCNS(=O)(=O)c4ccc(S(=O)(=O)[O-])c(C5=c6cc7c8c(c6Oc6c5cc5c9c6CCCN9CCC5)CCC[N+]=8CCC7)c4)cc3)cn2c1O. The molecule has 18 heteroatoms. The third-order valence-electron chi connectivity index (χ3n) is 13.8. The molecule has 11 rings (SSSR count). The Morgan fingerprint density at radius 3 is 2.47 bits per heavy atom. The van der Waals surface area contributed by atoms with Crippen molar-refractivity contribution in [3.8, 4) is 34.4 Å². The van der Waals surface area contributed by atoms with Gasteiger partial charge in [-0.2, -0.15) is 0 Å². The largest absolute Gasteiger partial charge is 0.744 e. The summed E-state index contributed by atoms with van der Waals surface area (Å²) in [7, 11) is -9.36. The van der Waals surface area contributed by atoms with Gasteiger partial charge in [0.2, 0.25) is 27.2 Å². The molecule has 0 fully saturated rings. The van der Waals surface area contributed by atoms with E-state index < -0.39 is 25.0 Å². The van der Waals surface area contributed by atoms with Gasteiger partial charge in [-0.1, -0.05) is 0 Å². The Hall–Kier alpha value is -6.34. The van der Waals surface area contributed by atoms with Crippen LogP contribution in [0.15, 0.2) is 76.8 Å². The summed E-state index contributed by atoms with van der Waals surface area (Å²) < 4.78 is 87.1. The standard InChI is InChI=1S/C50H51N7O9S2/c1-30-50(59)57-29-41(52-28-43(57)54-30)31-12-14-34(15-13-31)65-24-6-11-44(58)51-18-19-53-67(60,61)35-16-17-42(68(62,63)64)38(27-35)45-39-25-32-7-2-20-55-22-4-9-36(46(32)55)48(39)66-49-37-10-5-23-56-21-3-8-33(47(37)56)26-40(45)49/h12-17,25-29,53H,2-11,18-24H2,1H3,(H2-,51,52,58,59,62,63,64). The van der Waals surface area contributed by atoms with E-state index in [0.717, 1.165) is 117 Å². The molecule has 4 aromatic carbocycles. The van der Waals surface area contributed by atoms with Gasteiger partial charge < -0.3 is 29.3 Å². The first kappa shape index (κ1) is 44.2. The number of nitrogens with one attached hydrogen (secondary N) is 2. The number of benzene rings is 4. The van der Waals surface area contributed by atoms with Crippen LogP contribution in [0, 0.1) is 6.92 Å². The number of aromatic nitrogens is 3. The van der Waals surface area contributed by atoms with Gasteiger partial charge in [0.1, 0.15) is 46.2 Å². The molecule has 3 N–H and O–H groups in total. The summed E-state index contributed by atoms with van der Waals surface area (Å²) in [5.41, 5.74) is 9.29. The van der Waals surface area contributed by atoms with E-state index in [2.05, 4.69) is 41.6 Å². The van der Waals surface area contributed by atoms with Gasteiger partial charge in [-0.3, -0.25) is 14.2 Å². The van der Waals surface area contributed by atoms with Crippen LogP contribution in [0.2, 0.25) is 0 Å². The molecule has 0 bridgehead atoms. The van der Waals surface area contributed by atoms with Gasteiger partial charge in [-0.05, 0) is 112 Å². The van der Waals surface area contributed by atoms with Crippen molar-refractivity contribution in [2.24, 2.45) is 0 Å². The second kappa shape index (κ2) is 17.3. The molecule has 0 saturated carbocycles. The topological polar surface area (TPSA) is 208 Å². The summed E-state index contributed by atoms with van der Waals surface area (Å²) in [6.07, 6.45) is 10.9. The van der Waals surface area contributed by atoms with E-state index in [-0.39, 0.29) is 48.4 Å². The maximum Gasteiger partial charge on any atom is 0.240 e. The molecule has 16 nitrogen and oxygen atoms in total. The molecule has 5 aliphatic heterocycles. The van der Waals surface area contributed by atoms with Crippen molar-refractivity contribution >= 4 is 43.0 Å². The fourth-order valence-electron chi connectivity index (χ4n) is 10.8. The number of amides is 1. The van der Waals surface area contributed by atoms with E-state index in [0.29, 0.717) is 57.1 Å². The van der Waals surface area contributed by atoms with E-state index >= 15 is 0 Å². The molecule has 68 heavy (non-hydrogen) atoms. The number of carbonyl (C=O) groups excluding carboxylic acids is 1. The second-order valence-corrected chi connectivity index (χ2v) is 21.3. The molecular weight excluding hydrogens is 907 g/mol. The van der Waals surface area contributed by atoms with Crippen molar-refractivity contribution in [2.45, 2.75) is 80.9 Å².